The van der Waals surface area contributed by atoms with Crippen molar-refractivity contribution in [2.45, 2.75) is 219 Å². The van der Waals surface area contributed by atoms with Crippen LogP contribution in [-0.2, 0) is 18.4 Å². The second kappa shape index (κ2) is 49.2. The Morgan fingerprint density at radius 2 is 0.912 bits per heavy atom. The van der Waals surface area contributed by atoms with Crippen LogP contribution in [0.1, 0.15) is 206 Å². The topological polar surface area (TPSA) is 108 Å². The zero-order valence-electron chi connectivity index (χ0n) is 44.3. The van der Waals surface area contributed by atoms with Crippen molar-refractivity contribution >= 4 is 13.7 Å². The van der Waals surface area contributed by atoms with E-state index in [0.717, 1.165) is 83.5 Å². The third kappa shape index (κ3) is 51.0. The van der Waals surface area contributed by atoms with E-state index in [1.54, 1.807) is 6.08 Å². The van der Waals surface area contributed by atoms with Crippen LogP contribution in [0.15, 0.2) is 109 Å². The molecule has 1 amide bonds. The fraction of sp³-hybridized carbons (Fsp3) is 0.678. The molecule has 0 aliphatic heterocycles. The van der Waals surface area contributed by atoms with E-state index in [1.165, 1.54) is 103 Å². The highest BCUT2D eigenvalue weighted by molar-refractivity contribution is 7.45. The molecule has 2 N–H and O–H groups in total. The number of carbonyl (C=O) groups excluding carboxylic acids is 1. The number of likely N-dealkylation sites (N-methyl/N-ethyl adjacent to an activating group) is 1. The number of aliphatic hydroxyl groups excluding tert-OH is 1. The lowest BCUT2D eigenvalue weighted by molar-refractivity contribution is -0.870. The van der Waals surface area contributed by atoms with Gasteiger partial charge in [0, 0.05) is 6.42 Å². The average molecular weight is 967 g/mol. The molecule has 0 fully saturated rings. The fourth-order valence-electron chi connectivity index (χ4n) is 7.19. The summed E-state index contributed by atoms with van der Waals surface area (Å²) in [6.07, 6.45) is 71.6. The van der Waals surface area contributed by atoms with Crippen LogP contribution in [-0.4, -0.2) is 68.5 Å². The lowest BCUT2D eigenvalue weighted by Gasteiger charge is -2.29. The summed E-state index contributed by atoms with van der Waals surface area (Å²) in [4.78, 5) is 25.4. The molecule has 0 heterocycles. The molecule has 3 unspecified atom stereocenters. The number of phosphoric acid groups is 1. The molecule has 0 radical (unpaired) electrons. The number of phosphoric ester groups is 1. The van der Waals surface area contributed by atoms with E-state index in [9.17, 15) is 19.4 Å². The molecule has 0 rings (SSSR count). The predicted molar refractivity (Wildman–Crippen MR) is 292 cm³/mol. The Balaban J connectivity index is 4.22. The number of unbranched alkanes of at least 4 members (excludes halogenated alkanes) is 19. The van der Waals surface area contributed by atoms with Crippen LogP contribution < -0.4 is 10.2 Å². The van der Waals surface area contributed by atoms with Crippen molar-refractivity contribution in [3.05, 3.63) is 109 Å². The number of hydrogen-bond donors (Lipinski definition) is 2. The quantitative estimate of drug-likeness (QED) is 0.0272. The summed E-state index contributed by atoms with van der Waals surface area (Å²) in [5.41, 5.74) is 0. The standard InChI is InChI=1S/C59H103N2O6P/c1-6-8-10-12-14-16-18-20-22-23-24-25-26-27-28-29-30-31-32-33-34-35-36-37-39-41-43-45-47-49-51-53-59(63)60-57(56-67-68(64,65)66-55-54-61(3,4)5)58(62)52-50-48-46-44-42-40-38-21-19-17-15-13-11-9-7-2/h8,10,14,16,19-22,24-25,27-28,30-31,42,44,50,52,57-58,62H,6-7,9,11-13,15,17-18,23,26,29,32-41,43,45-49,51,53-56H2,1-5H3,(H-,60,63,64,65)/b10-8-,16-14-,21-19+,22-20-,25-24-,28-27-,31-30-,44-42+,52-50+. The SMILES string of the molecule is CC/C=C\C/C=C\C/C=C\C/C=C\C/C=C\C/C=C\CCCCCCCCCCCCCCC(=O)NC(COP(=O)([O-])OCC[N+](C)(C)C)C(O)/C=C/CC/C=C/CC/C=C/CCCCCCC. The van der Waals surface area contributed by atoms with Crippen LogP contribution in [0.25, 0.3) is 0 Å². The van der Waals surface area contributed by atoms with E-state index < -0.39 is 26.6 Å². The van der Waals surface area contributed by atoms with Gasteiger partial charge in [0.15, 0.2) is 0 Å². The average Bonchev–Trinajstić information content (AvgIpc) is 3.30. The molecule has 0 aliphatic rings. The third-order valence-corrected chi connectivity index (χ3v) is 12.4. The molecule has 8 nitrogen and oxygen atoms in total. The first-order valence-electron chi connectivity index (χ1n) is 27.2. The van der Waals surface area contributed by atoms with Gasteiger partial charge in [-0.05, 0) is 96.3 Å². The van der Waals surface area contributed by atoms with Crippen LogP contribution in [0.2, 0.25) is 0 Å². The summed E-state index contributed by atoms with van der Waals surface area (Å²) in [5.74, 6) is -0.219. The van der Waals surface area contributed by atoms with Gasteiger partial charge in [-0.25, -0.2) is 0 Å². The Morgan fingerprint density at radius 3 is 1.37 bits per heavy atom. The van der Waals surface area contributed by atoms with Crippen LogP contribution in [0, 0.1) is 0 Å². The maximum Gasteiger partial charge on any atom is 0.268 e. The first-order chi connectivity index (χ1) is 33.0. The highest BCUT2D eigenvalue weighted by Crippen LogP contribution is 2.38. The van der Waals surface area contributed by atoms with Crippen molar-refractivity contribution in [1.82, 2.24) is 5.32 Å². The number of amides is 1. The van der Waals surface area contributed by atoms with Crippen molar-refractivity contribution in [3.8, 4) is 0 Å². The smallest absolute Gasteiger partial charge is 0.268 e. The number of carbonyl (C=O) groups is 1. The van der Waals surface area contributed by atoms with E-state index in [1.807, 2.05) is 27.2 Å². The van der Waals surface area contributed by atoms with Crippen LogP contribution >= 0.6 is 7.82 Å². The van der Waals surface area contributed by atoms with Crippen molar-refractivity contribution in [2.24, 2.45) is 0 Å². The van der Waals surface area contributed by atoms with Gasteiger partial charge >= 0.3 is 0 Å². The van der Waals surface area contributed by atoms with Crippen molar-refractivity contribution in [2.75, 3.05) is 40.9 Å². The normalized spacial score (nSPS) is 14.9. The number of hydrogen-bond acceptors (Lipinski definition) is 6. The lowest BCUT2D eigenvalue weighted by atomic mass is 10.0. The van der Waals surface area contributed by atoms with Gasteiger partial charge in [-0.1, -0.05) is 213 Å². The lowest BCUT2D eigenvalue weighted by Crippen LogP contribution is -2.45. The molecule has 0 saturated heterocycles. The summed E-state index contributed by atoms with van der Waals surface area (Å²) in [6, 6.07) is -0.917. The molecule has 3 atom stereocenters. The van der Waals surface area contributed by atoms with Crippen molar-refractivity contribution in [3.63, 3.8) is 0 Å². The molecule has 0 bridgehead atoms. The van der Waals surface area contributed by atoms with E-state index in [-0.39, 0.29) is 12.5 Å². The molecule has 0 aromatic rings. The molecule has 390 valence electrons. The van der Waals surface area contributed by atoms with Crippen molar-refractivity contribution < 1.29 is 32.9 Å². The van der Waals surface area contributed by atoms with Crippen LogP contribution in [0.5, 0.6) is 0 Å². The zero-order chi connectivity index (χ0) is 49.9. The Morgan fingerprint density at radius 1 is 0.529 bits per heavy atom. The highest BCUT2D eigenvalue weighted by atomic mass is 31.2. The third-order valence-electron chi connectivity index (χ3n) is 11.4. The van der Waals surface area contributed by atoms with Gasteiger partial charge in [0.1, 0.15) is 13.2 Å². The second-order valence-electron chi connectivity index (χ2n) is 19.2. The first-order valence-corrected chi connectivity index (χ1v) is 28.7. The van der Waals surface area contributed by atoms with Gasteiger partial charge < -0.3 is 28.8 Å². The molecule has 0 aliphatic carbocycles. The van der Waals surface area contributed by atoms with Gasteiger partial charge in [0.05, 0.1) is 39.9 Å². The maximum atomic E-state index is 12.9. The largest absolute Gasteiger partial charge is 0.756 e. The Labute approximate surface area is 419 Å². The number of nitrogens with zero attached hydrogens (tertiary/aromatic N) is 1. The van der Waals surface area contributed by atoms with E-state index in [2.05, 4.69) is 116 Å². The van der Waals surface area contributed by atoms with Gasteiger partial charge in [-0.3, -0.25) is 9.36 Å². The highest BCUT2D eigenvalue weighted by Gasteiger charge is 2.23. The fourth-order valence-corrected chi connectivity index (χ4v) is 7.91. The molecule has 0 saturated carbocycles. The predicted octanol–water partition coefficient (Wildman–Crippen LogP) is 15.8. The zero-order valence-corrected chi connectivity index (χ0v) is 45.2. The van der Waals surface area contributed by atoms with Crippen LogP contribution in [0.4, 0.5) is 0 Å². The number of aliphatic hydroxyl groups is 1. The summed E-state index contributed by atoms with van der Waals surface area (Å²) >= 11 is 0. The Kier molecular flexibility index (Phi) is 47.1. The van der Waals surface area contributed by atoms with Gasteiger partial charge in [0.2, 0.25) is 5.91 Å². The summed E-state index contributed by atoms with van der Waals surface area (Å²) in [7, 11) is 1.22. The Bertz CT molecular complexity index is 1470. The minimum absolute atomic E-state index is 0.0144. The molecule has 9 heteroatoms. The number of nitrogens with one attached hydrogen (secondary N) is 1. The first kappa shape index (κ1) is 65.2. The minimum Gasteiger partial charge on any atom is -0.756 e. The number of allylic oxidation sites excluding steroid dienone is 17. The van der Waals surface area contributed by atoms with Crippen molar-refractivity contribution in [1.29, 1.82) is 0 Å². The summed E-state index contributed by atoms with van der Waals surface area (Å²) in [5, 5.41) is 13.8. The number of quaternary nitrogens is 1. The molecule has 68 heavy (non-hydrogen) atoms. The van der Waals surface area contributed by atoms with E-state index in [0.29, 0.717) is 17.4 Å². The van der Waals surface area contributed by atoms with Gasteiger partial charge in [-0.15, -0.1) is 0 Å². The Hall–Kier alpha value is -2.84. The van der Waals surface area contributed by atoms with E-state index >= 15 is 0 Å². The molecule has 0 aromatic carbocycles. The molecular formula is C59H103N2O6P. The number of rotatable bonds is 48. The minimum atomic E-state index is -4.61. The maximum absolute atomic E-state index is 12.9. The molecule has 0 spiro atoms. The van der Waals surface area contributed by atoms with Gasteiger partial charge in [-0.2, -0.15) is 0 Å². The van der Waals surface area contributed by atoms with Crippen LogP contribution in [0.3, 0.4) is 0 Å². The summed E-state index contributed by atoms with van der Waals surface area (Å²) in [6.45, 7) is 4.47. The monoisotopic (exact) mass is 967 g/mol. The van der Waals surface area contributed by atoms with Gasteiger partial charge in [0.25, 0.3) is 7.82 Å². The summed E-state index contributed by atoms with van der Waals surface area (Å²) < 4.78 is 23.3. The molecule has 0 aromatic heterocycles. The van der Waals surface area contributed by atoms with E-state index in [4.69, 9.17) is 9.05 Å². The second-order valence-corrected chi connectivity index (χ2v) is 20.6. The molecular weight excluding hydrogens is 864 g/mol.